The molecule has 0 bridgehead atoms. The summed E-state index contributed by atoms with van der Waals surface area (Å²) in [5.74, 6) is -0.0841. The van der Waals surface area contributed by atoms with Crippen LogP contribution in [0.1, 0.15) is 36.5 Å². The second-order valence-electron chi connectivity index (χ2n) is 3.66. The van der Waals surface area contributed by atoms with Crippen molar-refractivity contribution >= 4 is 5.91 Å². The van der Waals surface area contributed by atoms with Gasteiger partial charge < -0.3 is 0 Å². The first-order valence-electron chi connectivity index (χ1n) is 5.62. The fraction of sp³-hybridized carbons (Fsp3) is 0.357. The van der Waals surface area contributed by atoms with E-state index in [2.05, 4.69) is 13.0 Å². The first kappa shape index (κ1) is 12.3. The number of amides is 1. The van der Waals surface area contributed by atoms with Crippen molar-refractivity contribution in [1.29, 1.82) is 0 Å². The number of unbranched alkanes of at least 4 members (excludes halogenated alkanes) is 2. The number of benzene rings is 1. The van der Waals surface area contributed by atoms with Crippen molar-refractivity contribution in [1.82, 2.24) is 4.90 Å². The van der Waals surface area contributed by atoms with Crippen molar-refractivity contribution in [2.45, 2.75) is 26.2 Å². The van der Waals surface area contributed by atoms with Gasteiger partial charge >= 0.3 is 0 Å². The summed E-state index contributed by atoms with van der Waals surface area (Å²) in [5.41, 5.74) is 0.650. The molecule has 0 heterocycles. The summed E-state index contributed by atoms with van der Waals surface area (Å²) in [7, 11) is 0. The summed E-state index contributed by atoms with van der Waals surface area (Å²) in [5, 5.41) is 0. The minimum absolute atomic E-state index is 0.0841. The van der Waals surface area contributed by atoms with Gasteiger partial charge in [-0.2, -0.15) is 0 Å². The fourth-order valence-electron chi connectivity index (χ4n) is 1.48. The molecule has 1 rings (SSSR count). The van der Waals surface area contributed by atoms with E-state index in [1.54, 1.807) is 12.1 Å². The maximum atomic E-state index is 12.0. The number of nitrogens with zero attached hydrogens (tertiary/aromatic N) is 1. The smallest absolute Gasteiger partial charge is 0.265 e. The van der Waals surface area contributed by atoms with E-state index >= 15 is 0 Å². The van der Waals surface area contributed by atoms with Crippen LogP contribution in [0, 0.1) is 12.5 Å². The fourth-order valence-corrected chi connectivity index (χ4v) is 1.48. The van der Waals surface area contributed by atoms with Crippen LogP contribution in [-0.4, -0.2) is 17.4 Å². The molecule has 1 aromatic carbocycles. The molecule has 0 aliphatic heterocycles. The molecule has 0 saturated heterocycles. The maximum Gasteiger partial charge on any atom is 0.265 e. The Labute approximate surface area is 97.3 Å². The highest BCUT2D eigenvalue weighted by Crippen LogP contribution is 2.05. The number of rotatable bonds is 5. The molecule has 2 heteroatoms. The molecule has 0 unspecified atom stereocenters. The van der Waals surface area contributed by atoms with Gasteiger partial charge in [-0.25, -0.2) is 0 Å². The molecule has 2 nitrogen and oxygen atoms in total. The Bertz CT molecular complexity index is 364. The third kappa shape index (κ3) is 3.43. The molecule has 0 fully saturated rings. The van der Waals surface area contributed by atoms with E-state index in [9.17, 15) is 4.79 Å². The van der Waals surface area contributed by atoms with Gasteiger partial charge in [0.05, 0.1) is 0 Å². The molecule has 0 saturated carbocycles. The predicted octanol–water partition coefficient (Wildman–Crippen LogP) is 2.91. The molecule has 0 aliphatic carbocycles. The predicted molar refractivity (Wildman–Crippen MR) is 65.8 cm³/mol. The molecule has 0 atom stereocenters. The molecule has 16 heavy (non-hydrogen) atoms. The maximum absolute atomic E-state index is 12.0. The standard InChI is InChI=1S/C14H17NO/c1-3-5-9-12-15(4-2)14(16)13-10-7-6-8-11-13/h2,6-8,10-11H,3,5,9,12H2,1H3. The van der Waals surface area contributed by atoms with E-state index in [1.165, 1.54) is 4.90 Å². The third-order valence-electron chi connectivity index (χ3n) is 2.41. The van der Waals surface area contributed by atoms with E-state index in [1.807, 2.05) is 18.2 Å². The Morgan fingerprint density at radius 2 is 2.00 bits per heavy atom. The van der Waals surface area contributed by atoms with Crippen LogP contribution in [-0.2, 0) is 0 Å². The van der Waals surface area contributed by atoms with Crippen molar-refractivity contribution < 1.29 is 4.79 Å². The van der Waals surface area contributed by atoms with E-state index in [0.717, 1.165) is 19.3 Å². The second kappa shape index (κ2) is 6.68. The zero-order valence-electron chi connectivity index (χ0n) is 9.65. The van der Waals surface area contributed by atoms with Crippen LogP contribution in [0.4, 0.5) is 0 Å². The molecule has 0 N–H and O–H groups in total. The van der Waals surface area contributed by atoms with Crippen LogP contribution in [0.2, 0.25) is 0 Å². The monoisotopic (exact) mass is 215 g/mol. The highest BCUT2D eigenvalue weighted by molar-refractivity contribution is 5.95. The Morgan fingerprint density at radius 3 is 2.56 bits per heavy atom. The van der Waals surface area contributed by atoms with E-state index in [0.29, 0.717) is 12.1 Å². The van der Waals surface area contributed by atoms with E-state index in [4.69, 9.17) is 6.42 Å². The minimum Gasteiger partial charge on any atom is -0.268 e. The van der Waals surface area contributed by atoms with Crippen molar-refractivity contribution in [2.75, 3.05) is 6.54 Å². The van der Waals surface area contributed by atoms with Crippen LogP contribution < -0.4 is 0 Å². The van der Waals surface area contributed by atoms with Gasteiger partial charge in [-0.05, 0) is 18.6 Å². The summed E-state index contributed by atoms with van der Waals surface area (Å²) in [6.07, 6.45) is 8.53. The van der Waals surface area contributed by atoms with Crippen LogP contribution in [0.5, 0.6) is 0 Å². The zero-order valence-corrected chi connectivity index (χ0v) is 9.65. The van der Waals surface area contributed by atoms with Gasteiger partial charge in [0.25, 0.3) is 5.91 Å². The SMILES string of the molecule is C#CN(CCCCC)C(=O)c1ccccc1. The lowest BCUT2D eigenvalue weighted by Gasteiger charge is -2.15. The Balaban J connectivity index is 2.61. The average Bonchev–Trinajstić information content (AvgIpc) is 2.35. The van der Waals surface area contributed by atoms with Crippen molar-refractivity contribution in [2.24, 2.45) is 0 Å². The van der Waals surface area contributed by atoms with Gasteiger partial charge in [0.1, 0.15) is 0 Å². The summed E-state index contributed by atoms with van der Waals surface area (Å²) in [4.78, 5) is 13.4. The average molecular weight is 215 g/mol. The van der Waals surface area contributed by atoms with Gasteiger partial charge in [-0.1, -0.05) is 44.4 Å². The number of carbonyl (C=O) groups is 1. The molecule has 1 amide bonds. The highest BCUT2D eigenvalue weighted by atomic mass is 16.2. The summed E-state index contributed by atoms with van der Waals surface area (Å²) in [6, 6.07) is 11.6. The quantitative estimate of drug-likeness (QED) is 0.420. The van der Waals surface area contributed by atoms with Crippen molar-refractivity contribution in [3.63, 3.8) is 0 Å². The van der Waals surface area contributed by atoms with Crippen LogP contribution >= 0.6 is 0 Å². The minimum atomic E-state index is -0.0841. The topological polar surface area (TPSA) is 20.3 Å². The van der Waals surface area contributed by atoms with Crippen molar-refractivity contribution in [3.05, 3.63) is 35.9 Å². The van der Waals surface area contributed by atoms with Gasteiger partial charge in [0.15, 0.2) is 0 Å². The lowest BCUT2D eigenvalue weighted by atomic mass is 10.2. The van der Waals surface area contributed by atoms with E-state index < -0.39 is 0 Å². The number of carbonyl (C=O) groups excluding carboxylic acids is 1. The highest BCUT2D eigenvalue weighted by Gasteiger charge is 2.12. The number of hydrogen-bond acceptors (Lipinski definition) is 1. The molecular formula is C14H17NO. The molecular weight excluding hydrogens is 198 g/mol. The third-order valence-corrected chi connectivity index (χ3v) is 2.41. The summed E-state index contributed by atoms with van der Waals surface area (Å²) >= 11 is 0. The number of hydrogen-bond donors (Lipinski definition) is 0. The normalized spacial score (nSPS) is 9.50. The molecule has 0 spiro atoms. The van der Waals surface area contributed by atoms with Crippen LogP contribution in [0.25, 0.3) is 0 Å². The summed E-state index contributed by atoms with van der Waals surface area (Å²) in [6.45, 7) is 2.76. The Hall–Kier alpha value is -1.75. The molecule has 0 aliphatic rings. The number of terminal acetylenes is 1. The van der Waals surface area contributed by atoms with Gasteiger partial charge in [0.2, 0.25) is 0 Å². The van der Waals surface area contributed by atoms with E-state index in [-0.39, 0.29) is 5.91 Å². The van der Waals surface area contributed by atoms with Gasteiger partial charge in [-0.3, -0.25) is 9.69 Å². The zero-order chi connectivity index (χ0) is 11.8. The lowest BCUT2D eigenvalue weighted by molar-refractivity contribution is 0.0833. The molecule has 84 valence electrons. The first-order chi connectivity index (χ1) is 7.79. The summed E-state index contributed by atoms with van der Waals surface area (Å²) < 4.78 is 0. The Morgan fingerprint density at radius 1 is 1.31 bits per heavy atom. The van der Waals surface area contributed by atoms with Gasteiger partial charge in [-0.15, -0.1) is 0 Å². The molecule has 0 radical (unpaired) electrons. The molecule has 0 aromatic heterocycles. The van der Waals surface area contributed by atoms with Gasteiger partial charge in [0, 0.05) is 18.2 Å². The molecule has 1 aromatic rings. The Kier molecular flexibility index (Phi) is 5.15. The van der Waals surface area contributed by atoms with Crippen molar-refractivity contribution in [3.8, 4) is 12.5 Å². The van der Waals surface area contributed by atoms with Crippen LogP contribution in [0.3, 0.4) is 0 Å². The second-order valence-corrected chi connectivity index (χ2v) is 3.66. The largest absolute Gasteiger partial charge is 0.268 e. The lowest BCUT2D eigenvalue weighted by Crippen LogP contribution is -2.27. The first-order valence-corrected chi connectivity index (χ1v) is 5.62. The van der Waals surface area contributed by atoms with Crippen LogP contribution in [0.15, 0.2) is 30.3 Å².